The number of ether oxygens (including phenoxy) is 1. The number of fused-ring (bicyclic) bond motifs is 3. The first-order valence-electron chi connectivity index (χ1n) is 8.97. The number of carboxylic acid groups (broad SMARTS) is 1. The summed E-state index contributed by atoms with van der Waals surface area (Å²) >= 11 is 0. The van der Waals surface area contributed by atoms with Gasteiger partial charge >= 0.3 is 11.9 Å². The van der Waals surface area contributed by atoms with Crippen LogP contribution in [0.25, 0.3) is 0 Å². The summed E-state index contributed by atoms with van der Waals surface area (Å²) in [7, 11) is 0. The number of furan rings is 1. The van der Waals surface area contributed by atoms with E-state index in [1.807, 2.05) is 6.92 Å². The molecule has 3 unspecified atom stereocenters. The Bertz CT molecular complexity index is 739. The molecule has 0 spiro atoms. The van der Waals surface area contributed by atoms with Gasteiger partial charge in [0, 0.05) is 17.9 Å². The highest BCUT2D eigenvalue weighted by Crippen LogP contribution is 2.59. The molecule has 0 bridgehead atoms. The van der Waals surface area contributed by atoms with Crippen molar-refractivity contribution in [1.29, 1.82) is 0 Å². The lowest BCUT2D eigenvalue weighted by Crippen LogP contribution is -2.59. The van der Waals surface area contributed by atoms with E-state index in [4.69, 9.17) is 9.15 Å². The molecule has 1 aromatic heterocycles. The third kappa shape index (κ3) is 2.48. The fourth-order valence-corrected chi connectivity index (χ4v) is 5.42. The lowest BCUT2D eigenvalue weighted by molar-refractivity contribution is -0.196. The predicted molar refractivity (Wildman–Crippen MR) is 86.7 cm³/mol. The van der Waals surface area contributed by atoms with E-state index in [2.05, 4.69) is 0 Å². The Morgan fingerprint density at radius 1 is 1.31 bits per heavy atom. The molecule has 0 amide bonds. The van der Waals surface area contributed by atoms with E-state index in [1.165, 1.54) is 12.5 Å². The van der Waals surface area contributed by atoms with Crippen LogP contribution in [0.2, 0.25) is 0 Å². The Morgan fingerprint density at radius 3 is 2.73 bits per heavy atom. The van der Waals surface area contributed by atoms with Crippen molar-refractivity contribution in [2.45, 2.75) is 44.8 Å². The maximum absolute atomic E-state index is 12.7. The van der Waals surface area contributed by atoms with Gasteiger partial charge in [0.2, 0.25) is 0 Å². The number of hydrogen-bond acceptors (Lipinski definition) is 6. The largest absolute Gasteiger partial charge is 0.481 e. The Kier molecular flexibility index (Phi) is 3.95. The summed E-state index contributed by atoms with van der Waals surface area (Å²) in [4.78, 5) is 37.1. The van der Waals surface area contributed by atoms with Crippen molar-refractivity contribution in [3.63, 3.8) is 0 Å². The zero-order valence-corrected chi connectivity index (χ0v) is 14.5. The van der Waals surface area contributed by atoms with Gasteiger partial charge in [0.1, 0.15) is 11.9 Å². The summed E-state index contributed by atoms with van der Waals surface area (Å²) in [6.07, 6.45) is 2.67. The molecule has 1 saturated heterocycles. The number of rotatable bonds is 2. The number of carbonyl (C=O) groups is 3. The molecular weight excluding hydrogens is 340 g/mol. The van der Waals surface area contributed by atoms with Crippen LogP contribution in [-0.2, 0) is 19.1 Å². The highest BCUT2D eigenvalue weighted by atomic mass is 16.5. The highest BCUT2D eigenvalue weighted by Gasteiger charge is 2.62. The molecule has 2 N–H and O–H groups in total. The van der Waals surface area contributed by atoms with Crippen LogP contribution in [0.15, 0.2) is 23.0 Å². The fraction of sp³-hybridized carbons (Fsp3) is 0.632. The summed E-state index contributed by atoms with van der Waals surface area (Å²) in [5, 5.41) is 19.8. The van der Waals surface area contributed by atoms with Crippen molar-refractivity contribution < 1.29 is 33.8 Å². The summed E-state index contributed by atoms with van der Waals surface area (Å²) in [6.45, 7) is 1.94. The highest BCUT2D eigenvalue weighted by molar-refractivity contribution is 5.92. The van der Waals surface area contributed by atoms with Crippen molar-refractivity contribution in [2.75, 3.05) is 0 Å². The normalized spacial score (nSPS) is 42.5. The summed E-state index contributed by atoms with van der Waals surface area (Å²) in [5.74, 6) is -4.20. The van der Waals surface area contributed by atoms with E-state index in [0.29, 0.717) is 12.8 Å². The molecule has 2 aliphatic carbocycles. The number of esters is 1. The topological polar surface area (TPSA) is 114 Å². The minimum atomic E-state index is -1.06. The van der Waals surface area contributed by atoms with Gasteiger partial charge in [-0.1, -0.05) is 6.92 Å². The van der Waals surface area contributed by atoms with Crippen molar-refractivity contribution >= 4 is 17.7 Å². The van der Waals surface area contributed by atoms with E-state index in [9.17, 15) is 24.6 Å². The van der Waals surface area contributed by atoms with Gasteiger partial charge in [0.05, 0.1) is 30.5 Å². The first-order valence-corrected chi connectivity index (χ1v) is 8.97. The number of cyclic esters (lactones) is 1. The van der Waals surface area contributed by atoms with E-state index in [0.717, 1.165) is 5.56 Å². The number of carboxylic acids is 1. The molecule has 7 atom stereocenters. The molecule has 26 heavy (non-hydrogen) atoms. The molecule has 4 rings (SSSR count). The second-order valence-corrected chi connectivity index (χ2v) is 8.12. The molecule has 1 aliphatic heterocycles. The van der Waals surface area contributed by atoms with E-state index < -0.39 is 47.3 Å². The second kappa shape index (κ2) is 5.94. The van der Waals surface area contributed by atoms with E-state index in [-0.39, 0.29) is 24.5 Å². The van der Waals surface area contributed by atoms with Gasteiger partial charge in [-0.2, -0.15) is 0 Å². The number of ketones is 1. The molecule has 7 heteroatoms. The van der Waals surface area contributed by atoms with E-state index >= 15 is 0 Å². The summed E-state index contributed by atoms with van der Waals surface area (Å²) < 4.78 is 10.7. The molecule has 2 heterocycles. The van der Waals surface area contributed by atoms with Gasteiger partial charge < -0.3 is 19.4 Å². The van der Waals surface area contributed by atoms with Crippen LogP contribution in [-0.4, -0.2) is 34.0 Å². The SMILES string of the molecule is C[C@@]12CC(c3ccoc3)OC(=O)[C@@H]1CC(=O)[C@H]1C(C(=O)O)CC(O)C[C@@H]12. The molecular formula is C19H22O7. The van der Waals surface area contributed by atoms with Crippen molar-refractivity contribution in [3.8, 4) is 0 Å². The molecule has 3 aliphatic rings. The number of aliphatic hydroxyl groups is 1. The van der Waals surface area contributed by atoms with Crippen LogP contribution in [0.4, 0.5) is 0 Å². The lowest BCUT2D eigenvalue weighted by Gasteiger charge is -2.56. The first kappa shape index (κ1) is 17.3. The maximum Gasteiger partial charge on any atom is 0.310 e. The minimum absolute atomic E-state index is 0.00841. The molecule has 7 nitrogen and oxygen atoms in total. The van der Waals surface area contributed by atoms with Crippen molar-refractivity contribution in [2.24, 2.45) is 29.1 Å². The number of Topliss-reactive ketones (excluding diaryl/α,β-unsaturated/α-hetero) is 1. The standard InChI is InChI=1S/C19H22O7/c1-19-7-15(9-2-3-25-8-9)26-18(24)13(19)6-14(21)16-11(17(22)23)4-10(20)5-12(16)19/h2-3,8,10-13,15-16,20H,4-7H2,1H3,(H,22,23)/t10?,11?,12-,13-,15?,16-,19-/m0/s1. The molecule has 1 aromatic rings. The molecule has 0 aromatic carbocycles. The van der Waals surface area contributed by atoms with Crippen LogP contribution < -0.4 is 0 Å². The van der Waals surface area contributed by atoms with Gasteiger partial charge in [0.25, 0.3) is 0 Å². The Labute approximate surface area is 150 Å². The average Bonchev–Trinajstić information content (AvgIpc) is 3.10. The van der Waals surface area contributed by atoms with Gasteiger partial charge in [-0.25, -0.2) is 0 Å². The Morgan fingerprint density at radius 2 is 2.08 bits per heavy atom. The molecule has 2 saturated carbocycles. The van der Waals surface area contributed by atoms with Crippen molar-refractivity contribution in [1.82, 2.24) is 0 Å². The lowest BCUT2D eigenvalue weighted by atomic mass is 9.48. The van der Waals surface area contributed by atoms with Gasteiger partial charge in [-0.05, 0) is 36.7 Å². The third-order valence-electron chi connectivity index (χ3n) is 6.74. The molecule has 140 valence electrons. The molecule has 3 fully saturated rings. The smallest absolute Gasteiger partial charge is 0.310 e. The number of hydrogen-bond donors (Lipinski definition) is 2. The second-order valence-electron chi connectivity index (χ2n) is 8.12. The predicted octanol–water partition coefficient (Wildman–Crippen LogP) is 1.95. The number of aliphatic hydroxyl groups excluding tert-OH is 1. The van der Waals surface area contributed by atoms with Crippen LogP contribution in [0, 0.1) is 29.1 Å². The van der Waals surface area contributed by atoms with E-state index in [1.54, 1.807) is 6.07 Å². The quantitative estimate of drug-likeness (QED) is 0.773. The van der Waals surface area contributed by atoms with Crippen LogP contribution >= 0.6 is 0 Å². The summed E-state index contributed by atoms with van der Waals surface area (Å²) in [6, 6.07) is 1.74. The van der Waals surface area contributed by atoms with Gasteiger partial charge in [-0.15, -0.1) is 0 Å². The maximum atomic E-state index is 12.7. The minimum Gasteiger partial charge on any atom is -0.481 e. The molecule has 0 radical (unpaired) electrons. The number of carbonyl (C=O) groups excluding carboxylic acids is 2. The Balaban J connectivity index is 1.73. The summed E-state index contributed by atoms with van der Waals surface area (Å²) in [5.41, 5.74) is 0.142. The Hall–Kier alpha value is -2.15. The first-order chi connectivity index (χ1) is 12.3. The van der Waals surface area contributed by atoms with Crippen LogP contribution in [0.5, 0.6) is 0 Å². The van der Waals surface area contributed by atoms with Gasteiger partial charge in [0.15, 0.2) is 0 Å². The zero-order chi connectivity index (χ0) is 18.6. The van der Waals surface area contributed by atoms with Crippen LogP contribution in [0.3, 0.4) is 0 Å². The zero-order valence-electron chi connectivity index (χ0n) is 14.5. The number of aliphatic carboxylic acids is 1. The fourth-order valence-electron chi connectivity index (χ4n) is 5.42. The van der Waals surface area contributed by atoms with Crippen LogP contribution in [0.1, 0.15) is 44.3 Å². The van der Waals surface area contributed by atoms with Crippen molar-refractivity contribution in [3.05, 3.63) is 24.2 Å². The van der Waals surface area contributed by atoms with Gasteiger partial charge in [-0.3, -0.25) is 14.4 Å². The average molecular weight is 362 g/mol. The third-order valence-corrected chi connectivity index (χ3v) is 6.74. The monoisotopic (exact) mass is 362 g/mol.